The zero-order chi connectivity index (χ0) is 17.2. The standard InChI is InChI=1S/C21H20N2O2/c1-2-15-7-4-6-10-19(15)25-17-13-23(14-17)21(24)20-18-9-5-3-8-16(18)11-12-22-20/h3-12,17H,2,13-14H2,1H3. The summed E-state index contributed by atoms with van der Waals surface area (Å²) in [4.78, 5) is 18.9. The number of benzene rings is 2. The van der Waals surface area contributed by atoms with Crippen molar-refractivity contribution in [1.82, 2.24) is 9.88 Å². The van der Waals surface area contributed by atoms with Crippen LogP contribution in [0, 0.1) is 0 Å². The van der Waals surface area contributed by atoms with E-state index in [1.165, 1.54) is 5.56 Å². The Morgan fingerprint density at radius 1 is 1.12 bits per heavy atom. The number of rotatable bonds is 4. The Morgan fingerprint density at radius 2 is 1.88 bits per heavy atom. The van der Waals surface area contributed by atoms with Gasteiger partial charge in [-0.3, -0.25) is 9.78 Å². The van der Waals surface area contributed by atoms with Gasteiger partial charge in [0, 0.05) is 11.6 Å². The number of amides is 1. The van der Waals surface area contributed by atoms with Crippen molar-refractivity contribution >= 4 is 16.7 Å². The highest BCUT2D eigenvalue weighted by molar-refractivity contribution is 6.05. The van der Waals surface area contributed by atoms with Crippen LogP contribution >= 0.6 is 0 Å². The van der Waals surface area contributed by atoms with Crippen LogP contribution in [0.4, 0.5) is 0 Å². The van der Waals surface area contributed by atoms with Gasteiger partial charge in [-0.15, -0.1) is 0 Å². The molecule has 0 saturated carbocycles. The lowest BCUT2D eigenvalue weighted by atomic mass is 10.1. The van der Waals surface area contributed by atoms with Crippen molar-refractivity contribution in [2.24, 2.45) is 0 Å². The van der Waals surface area contributed by atoms with Crippen molar-refractivity contribution in [3.63, 3.8) is 0 Å². The summed E-state index contributed by atoms with van der Waals surface area (Å²) in [6.45, 7) is 3.31. The molecule has 1 saturated heterocycles. The first-order valence-electron chi connectivity index (χ1n) is 8.64. The minimum absolute atomic E-state index is 0.0274. The quantitative estimate of drug-likeness (QED) is 0.731. The molecule has 0 radical (unpaired) electrons. The SMILES string of the molecule is CCc1ccccc1OC1CN(C(=O)c2nccc3ccccc23)C1. The number of hydrogen-bond acceptors (Lipinski definition) is 3. The molecule has 0 aliphatic carbocycles. The van der Waals surface area contributed by atoms with E-state index in [4.69, 9.17) is 4.74 Å². The molecule has 0 atom stereocenters. The van der Waals surface area contributed by atoms with Gasteiger partial charge in [-0.25, -0.2) is 0 Å². The monoisotopic (exact) mass is 332 g/mol. The molecule has 1 amide bonds. The van der Waals surface area contributed by atoms with E-state index in [1.807, 2.05) is 48.5 Å². The molecule has 4 rings (SSSR count). The molecule has 3 aromatic rings. The molecule has 0 bridgehead atoms. The molecule has 126 valence electrons. The number of likely N-dealkylation sites (tertiary alicyclic amines) is 1. The van der Waals surface area contributed by atoms with E-state index in [9.17, 15) is 4.79 Å². The van der Waals surface area contributed by atoms with Gasteiger partial charge in [-0.1, -0.05) is 49.4 Å². The molecule has 0 spiro atoms. The molecule has 25 heavy (non-hydrogen) atoms. The van der Waals surface area contributed by atoms with E-state index in [-0.39, 0.29) is 12.0 Å². The third-order valence-electron chi connectivity index (χ3n) is 4.66. The molecule has 0 N–H and O–H groups in total. The Kier molecular flexibility index (Phi) is 4.10. The third-order valence-corrected chi connectivity index (χ3v) is 4.66. The molecule has 0 unspecified atom stereocenters. The van der Waals surface area contributed by atoms with E-state index in [2.05, 4.69) is 18.0 Å². The Hall–Kier alpha value is -2.88. The Bertz CT molecular complexity index is 911. The van der Waals surface area contributed by atoms with Crippen LogP contribution in [0.3, 0.4) is 0 Å². The Labute approximate surface area is 147 Å². The molecule has 2 aromatic carbocycles. The number of para-hydroxylation sites is 1. The highest BCUT2D eigenvalue weighted by atomic mass is 16.5. The van der Waals surface area contributed by atoms with Crippen LogP contribution in [0.1, 0.15) is 23.0 Å². The van der Waals surface area contributed by atoms with Gasteiger partial charge in [-0.05, 0) is 29.5 Å². The van der Waals surface area contributed by atoms with Crippen molar-refractivity contribution in [2.75, 3.05) is 13.1 Å². The van der Waals surface area contributed by atoms with Gasteiger partial charge in [0.15, 0.2) is 0 Å². The first-order chi connectivity index (χ1) is 12.3. The number of carbonyl (C=O) groups is 1. The molecular weight excluding hydrogens is 312 g/mol. The van der Waals surface area contributed by atoms with Crippen molar-refractivity contribution in [3.05, 3.63) is 72.1 Å². The maximum atomic E-state index is 12.8. The number of pyridine rings is 1. The second kappa shape index (κ2) is 6.55. The second-order valence-corrected chi connectivity index (χ2v) is 6.29. The summed E-state index contributed by atoms with van der Waals surface area (Å²) in [5, 5.41) is 1.93. The van der Waals surface area contributed by atoms with Crippen LogP contribution in [0.25, 0.3) is 10.8 Å². The van der Waals surface area contributed by atoms with Crippen LogP contribution in [-0.4, -0.2) is 35.0 Å². The summed E-state index contributed by atoms with van der Waals surface area (Å²) in [7, 11) is 0. The molecule has 4 heteroatoms. The summed E-state index contributed by atoms with van der Waals surface area (Å²) in [5.41, 5.74) is 1.72. The predicted molar refractivity (Wildman–Crippen MR) is 97.9 cm³/mol. The largest absolute Gasteiger partial charge is 0.486 e. The van der Waals surface area contributed by atoms with Crippen molar-refractivity contribution in [2.45, 2.75) is 19.4 Å². The fourth-order valence-corrected chi connectivity index (χ4v) is 3.21. The summed E-state index contributed by atoms with van der Waals surface area (Å²) in [5.74, 6) is 0.894. The van der Waals surface area contributed by atoms with Crippen LogP contribution in [-0.2, 0) is 6.42 Å². The zero-order valence-corrected chi connectivity index (χ0v) is 14.2. The predicted octanol–water partition coefficient (Wildman–Crippen LogP) is 3.70. The number of ether oxygens (including phenoxy) is 1. The summed E-state index contributed by atoms with van der Waals surface area (Å²) < 4.78 is 6.06. The topological polar surface area (TPSA) is 42.4 Å². The van der Waals surface area contributed by atoms with E-state index in [1.54, 1.807) is 11.1 Å². The number of aromatic nitrogens is 1. The highest BCUT2D eigenvalue weighted by Gasteiger charge is 2.34. The number of nitrogens with zero attached hydrogens (tertiary/aromatic N) is 2. The van der Waals surface area contributed by atoms with Crippen LogP contribution in [0.2, 0.25) is 0 Å². The van der Waals surface area contributed by atoms with Gasteiger partial charge < -0.3 is 9.64 Å². The number of fused-ring (bicyclic) bond motifs is 1. The maximum absolute atomic E-state index is 12.8. The lowest BCUT2D eigenvalue weighted by molar-refractivity contribution is 0.0172. The zero-order valence-electron chi connectivity index (χ0n) is 14.2. The lowest BCUT2D eigenvalue weighted by Crippen LogP contribution is -2.56. The van der Waals surface area contributed by atoms with Crippen molar-refractivity contribution < 1.29 is 9.53 Å². The molecule has 4 nitrogen and oxygen atoms in total. The fraction of sp³-hybridized carbons (Fsp3) is 0.238. The molecule has 1 fully saturated rings. The normalized spacial score (nSPS) is 14.4. The van der Waals surface area contributed by atoms with Gasteiger partial charge in [0.25, 0.3) is 5.91 Å². The van der Waals surface area contributed by atoms with Gasteiger partial charge in [0.1, 0.15) is 17.5 Å². The molecule has 1 aliphatic rings. The minimum atomic E-state index is -0.0274. The fourth-order valence-electron chi connectivity index (χ4n) is 3.21. The van der Waals surface area contributed by atoms with E-state index in [0.29, 0.717) is 18.8 Å². The van der Waals surface area contributed by atoms with Crippen molar-refractivity contribution in [1.29, 1.82) is 0 Å². The van der Waals surface area contributed by atoms with E-state index in [0.717, 1.165) is 22.9 Å². The van der Waals surface area contributed by atoms with Gasteiger partial charge >= 0.3 is 0 Å². The average molecular weight is 332 g/mol. The molecule has 1 aliphatic heterocycles. The Balaban J connectivity index is 1.46. The first kappa shape index (κ1) is 15.6. The molecule has 2 heterocycles. The average Bonchev–Trinajstić information content (AvgIpc) is 2.63. The van der Waals surface area contributed by atoms with Crippen LogP contribution < -0.4 is 4.74 Å². The second-order valence-electron chi connectivity index (χ2n) is 6.29. The maximum Gasteiger partial charge on any atom is 0.273 e. The Morgan fingerprint density at radius 3 is 2.72 bits per heavy atom. The summed E-state index contributed by atoms with van der Waals surface area (Å²) >= 11 is 0. The summed E-state index contributed by atoms with van der Waals surface area (Å²) in [6.07, 6.45) is 2.68. The first-order valence-corrected chi connectivity index (χ1v) is 8.64. The van der Waals surface area contributed by atoms with Gasteiger partial charge in [0.2, 0.25) is 0 Å². The van der Waals surface area contributed by atoms with E-state index < -0.39 is 0 Å². The lowest BCUT2D eigenvalue weighted by Gasteiger charge is -2.39. The smallest absolute Gasteiger partial charge is 0.273 e. The van der Waals surface area contributed by atoms with E-state index >= 15 is 0 Å². The highest BCUT2D eigenvalue weighted by Crippen LogP contribution is 2.25. The van der Waals surface area contributed by atoms with Crippen LogP contribution in [0.15, 0.2) is 60.8 Å². The minimum Gasteiger partial charge on any atom is -0.486 e. The number of aryl methyl sites for hydroxylation is 1. The van der Waals surface area contributed by atoms with Crippen LogP contribution in [0.5, 0.6) is 5.75 Å². The van der Waals surface area contributed by atoms with Crippen molar-refractivity contribution in [3.8, 4) is 5.75 Å². The molecular formula is C21H20N2O2. The van der Waals surface area contributed by atoms with Gasteiger partial charge in [-0.2, -0.15) is 0 Å². The molecule has 1 aromatic heterocycles. The number of hydrogen-bond donors (Lipinski definition) is 0. The number of carbonyl (C=O) groups excluding carboxylic acids is 1. The van der Waals surface area contributed by atoms with Gasteiger partial charge in [0.05, 0.1) is 13.1 Å². The summed E-state index contributed by atoms with van der Waals surface area (Å²) in [6, 6.07) is 17.9. The third kappa shape index (κ3) is 2.95.